The fourth-order valence-electron chi connectivity index (χ4n) is 2.43. The molecule has 0 fully saturated rings. The molecule has 6 heteroatoms. The molecule has 2 aromatic carbocycles. The van der Waals surface area contributed by atoms with Crippen LogP contribution in [0.3, 0.4) is 0 Å². The van der Waals surface area contributed by atoms with E-state index in [1.165, 1.54) is 18.2 Å². The lowest BCUT2D eigenvalue weighted by Gasteiger charge is -2.14. The lowest BCUT2D eigenvalue weighted by atomic mass is 10.0. The number of nitrogens with one attached hydrogen (secondary N) is 1. The number of nitrogens with zero attached hydrogens (tertiary/aromatic N) is 1. The number of hydrogen-bond acceptors (Lipinski definition) is 3. The molecule has 0 aliphatic carbocycles. The number of rotatable bonds is 5. The molecule has 0 aliphatic heterocycles. The predicted octanol–water partition coefficient (Wildman–Crippen LogP) is 4.63. The van der Waals surface area contributed by atoms with Crippen molar-refractivity contribution in [3.63, 3.8) is 0 Å². The molecule has 2 aromatic rings. The Bertz CT molecular complexity index is 737. The van der Waals surface area contributed by atoms with Crippen LogP contribution in [-0.2, 0) is 12.8 Å². The lowest BCUT2D eigenvalue weighted by molar-refractivity contribution is -0.385. The van der Waals surface area contributed by atoms with E-state index in [9.17, 15) is 14.9 Å². The first kappa shape index (κ1) is 17.0. The number of carbonyl (C=O) groups excluding carboxylic acids is 1. The molecule has 0 aromatic heterocycles. The van der Waals surface area contributed by atoms with Crippen LogP contribution in [0.25, 0.3) is 0 Å². The maximum absolute atomic E-state index is 12.6. The van der Waals surface area contributed by atoms with Gasteiger partial charge in [0.25, 0.3) is 11.6 Å². The van der Waals surface area contributed by atoms with Crippen molar-refractivity contribution in [3.05, 3.63) is 68.2 Å². The number of nitro groups is 1. The number of aryl methyl sites for hydroxylation is 2. The highest BCUT2D eigenvalue weighted by molar-refractivity contribution is 6.31. The van der Waals surface area contributed by atoms with Crippen LogP contribution in [0.2, 0.25) is 5.02 Å². The number of anilines is 1. The average molecular weight is 333 g/mol. The average Bonchev–Trinajstić information content (AvgIpc) is 2.54. The van der Waals surface area contributed by atoms with Crippen molar-refractivity contribution in [1.82, 2.24) is 0 Å². The van der Waals surface area contributed by atoms with E-state index >= 15 is 0 Å². The number of hydrogen-bond donors (Lipinski definition) is 1. The number of benzene rings is 2. The summed E-state index contributed by atoms with van der Waals surface area (Å²) in [6.07, 6.45) is 1.50. The molecule has 1 amide bonds. The molecule has 5 nitrogen and oxygen atoms in total. The Labute approximate surface area is 139 Å². The molecule has 0 saturated heterocycles. The molecule has 1 N–H and O–H groups in total. The van der Waals surface area contributed by atoms with Crippen molar-refractivity contribution in [2.75, 3.05) is 5.32 Å². The molecule has 120 valence electrons. The standard InChI is InChI=1S/C17H17ClN2O3/c1-3-11-6-5-7-12(4-2)16(11)19-17(21)14-10-13(18)8-9-15(14)20(22)23/h5-10H,3-4H2,1-2H3,(H,19,21). The Morgan fingerprint density at radius 3 is 2.30 bits per heavy atom. The fraction of sp³-hybridized carbons (Fsp3) is 0.235. The number of para-hydroxylation sites is 1. The van der Waals surface area contributed by atoms with Gasteiger partial charge in [0, 0.05) is 16.8 Å². The second-order valence-electron chi connectivity index (χ2n) is 5.03. The van der Waals surface area contributed by atoms with E-state index < -0.39 is 10.8 Å². The summed E-state index contributed by atoms with van der Waals surface area (Å²) in [7, 11) is 0. The van der Waals surface area contributed by atoms with Crippen molar-refractivity contribution < 1.29 is 9.72 Å². The zero-order valence-corrected chi connectivity index (χ0v) is 13.7. The smallest absolute Gasteiger partial charge is 0.282 e. The largest absolute Gasteiger partial charge is 0.321 e. The van der Waals surface area contributed by atoms with Crippen LogP contribution in [0.15, 0.2) is 36.4 Å². The first-order valence-electron chi connectivity index (χ1n) is 7.34. The van der Waals surface area contributed by atoms with Gasteiger partial charge in [-0.05, 0) is 36.1 Å². The first-order valence-corrected chi connectivity index (χ1v) is 7.71. The Hall–Kier alpha value is -2.40. The van der Waals surface area contributed by atoms with Crippen molar-refractivity contribution in [1.29, 1.82) is 0 Å². The highest BCUT2D eigenvalue weighted by Gasteiger charge is 2.21. The summed E-state index contributed by atoms with van der Waals surface area (Å²) in [6, 6.07) is 9.75. The molecular weight excluding hydrogens is 316 g/mol. The van der Waals surface area contributed by atoms with Gasteiger partial charge in [0.15, 0.2) is 0 Å². The van der Waals surface area contributed by atoms with Gasteiger partial charge >= 0.3 is 0 Å². The summed E-state index contributed by atoms with van der Waals surface area (Å²) in [5.41, 5.74) is 2.39. The third-order valence-electron chi connectivity index (χ3n) is 3.64. The van der Waals surface area contributed by atoms with Crippen LogP contribution in [0.5, 0.6) is 0 Å². The van der Waals surface area contributed by atoms with Crippen molar-refractivity contribution >= 4 is 28.9 Å². The summed E-state index contributed by atoms with van der Waals surface area (Å²) < 4.78 is 0. The Morgan fingerprint density at radius 1 is 1.17 bits per heavy atom. The van der Waals surface area contributed by atoms with Gasteiger partial charge in [-0.1, -0.05) is 43.6 Å². The summed E-state index contributed by atoms with van der Waals surface area (Å²) >= 11 is 5.88. The molecule has 0 saturated carbocycles. The molecule has 0 aliphatic rings. The van der Waals surface area contributed by atoms with Crippen LogP contribution in [0.4, 0.5) is 11.4 Å². The molecule has 2 rings (SSSR count). The van der Waals surface area contributed by atoms with Crippen molar-refractivity contribution in [2.45, 2.75) is 26.7 Å². The van der Waals surface area contributed by atoms with E-state index in [1.54, 1.807) is 0 Å². The van der Waals surface area contributed by atoms with Gasteiger partial charge in [0.2, 0.25) is 0 Å². The highest BCUT2D eigenvalue weighted by Crippen LogP contribution is 2.27. The predicted molar refractivity (Wildman–Crippen MR) is 91.3 cm³/mol. The minimum absolute atomic E-state index is 0.0459. The molecule has 0 unspecified atom stereocenters. The zero-order chi connectivity index (χ0) is 17.0. The van der Waals surface area contributed by atoms with E-state index in [0.717, 1.165) is 29.7 Å². The van der Waals surface area contributed by atoms with Gasteiger partial charge in [0.1, 0.15) is 5.56 Å². The number of amides is 1. The van der Waals surface area contributed by atoms with Crippen LogP contribution in [0.1, 0.15) is 35.3 Å². The van der Waals surface area contributed by atoms with Crippen molar-refractivity contribution in [3.8, 4) is 0 Å². The van der Waals surface area contributed by atoms with Crippen LogP contribution < -0.4 is 5.32 Å². The third kappa shape index (κ3) is 3.68. The quantitative estimate of drug-likeness (QED) is 0.641. The van der Waals surface area contributed by atoms with Crippen LogP contribution >= 0.6 is 11.6 Å². The maximum atomic E-state index is 12.6. The van der Waals surface area contributed by atoms with E-state index in [0.29, 0.717) is 0 Å². The zero-order valence-electron chi connectivity index (χ0n) is 12.9. The van der Waals surface area contributed by atoms with Gasteiger partial charge < -0.3 is 5.32 Å². The number of halogens is 1. The summed E-state index contributed by atoms with van der Waals surface area (Å²) in [5, 5.41) is 14.2. The molecule has 0 radical (unpaired) electrons. The van der Waals surface area contributed by atoms with E-state index in [-0.39, 0.29) is 16.3 Å². The monoisotopic (exact) mass is 332 g/mol. The fourth-order valence-corrected chi connectivity index (χ4v) is 2.61. The van der Waals surface area contributed by atoms with Gasteiger partial charge in [-0.25, -0.2) is 0 Å². The van der Waals surface area contributed by atoms with Crippen molar-refractivity contribution in [2.24, 2.45) is 0 Å². The highest BCUT2D eigenvalue weighted by atomic mass is 35.5. The minimum atomic E-state index is -0.586. The lowest BCUT2D eigenvalue weighted by Crippen LogP contribution is -2.16. The number of nitro benzene ring substituents is 1. The maximum Gasteiger partial charge on any atom is 0.282 e. The Morgan fingerprint density at radius 2 is 1.78 bits per heavy atom. The van der Waals surface area contributed by atoms with Gasteiger partial charge in [0.05, 0.1) is 4.92 Å². The summed E-state index contributed by atoms with van der Waals surface area (Å²) in [4.78, 5) is 23.1. The Balaban J connectivity index is 2.45. The molecule has 23 heavy (non-hydrogen) atoms. The number of carbonyl (C=O) groups is 1. The van der Waals surface area contributed by atoms with Crippen LogP contribution in [0, 0.1) is 10.1 Å². The SMILES string of the molecule is CCc1cccc(CC)c1NC(=O)c1cc(Cl)ccc1[N+](=O)[O-]. The normalized spacial score (nSPS) is 10.4. The van der Waals surface area contributed by atoms with E-state index in [2.05, 4.69) is 5.32 Å². The Kier molecular flexibility index (Phi) is 5.34. The van der Waals surface area contributed by atoms with Gasteiger partial charge in [-0.15, -0.1) is 0 Å². The second kappa shape index (κ2) is 7.24. The molecule has 0 spiro atoms. The topological polar surface area (TPSA) is 72.2 Å². The van der Waals surface area contributed by atoms with Gasteiger partial charge in [-0.3, -0.25) is 14.9 Å². The summed E-state index contributed by atoms with van der Waals surface area (Å²) in [5.74, 6) is -0.533. The van der Waals surface area contributed by atoms with Gasteiger partial charge in [-0.2, -0.15) is 0 Å². The third-order valence-corrected chi connectivity index (χ3v) is 3.87. The summed E-state index contributed by atoms with van der Waals surface area (Å²) in [6.45, 7) is 3.98. The van der Waals surface area contributed by atoms with E-state index in [4.69, 9.17) is 11.6 Å². The van der Waals surface area contributed by atoms with Crippen LogP contribution in [-0.4, -0.2) is 10.8 Å². The molecular formula is C17H17ClN2O3. The second-order valence-corrected chi connectivity index (χ2v) is 5.47. The molecule has 0 atom stereocenters. The minimum Gasteiger partial charge on any atom is -0.321 e. The molecule has 0 heterocycles. The first-order chi connectivity index (χ1) is 11.0. The van der Waals surface area contributed by atoms with E-state index in [1.807, 2.05) is 32.0 Å². The molecule has 0 bridgehead atoms.